The van der Waals surface area contributed by atoms with Crippen molar-refractivity contribution in [3.05, 3.63) is 23.8 Å². The molecule has 0 aromatic heterocycles. The van der Waals surface area contributed by atoms with E-state index in [0.29, 0.717) is 30.2 Å². The lowest BCUT2D eigenvalue weighted by Crippen LogP contribution is -2.42. The van der Waals surface area contributed by atoms with E-state index in [1.165, 1.54) is 11.8 Å². The van der Waals surface area contributed by atoms with Gasteiger partial charge in [0.2, 0.25) is 0 Å². The summed E-state index contributed by atoms with van der Waals surface area (Å²) >= 11 is 0. The lowest BCUT2D eigenvalue weighted by atomic mass is 10.1. The maximum atomic E-state index is 12.0. The van der Waals surface area contributed by atoms with Gasteiger partial charge in [-0.1, -0.05) is 0 Å². The van der Waals surface area contributed by atoms with E-state index in [4.69, 9.17) is 14.2 Å². The Hall–Kier alpha value is -2.41. The summed E-state index contributed by atoms with van der Waals surface area (Å²) in [7, 11) is 0. The van der Waals surface area contributed by atoms with Gasteiger partial charge in [-0.3, -0.25) is 19.3 Å². The molecule has 0 bridgehead atoms. The van der Waals surface area contributed by atoms with Gasteiger partial charge in [0, 0.05) is 12.2 Å². The van der Waals surface area contributed by atoms with E-state index in [2.05, 4.69) is 0 Å². The number of nitrogens with zero attached hydrogens (tertiary/aromatic N) is 1. The fourth-order valence-electron chi connectivity index (χ4n) is 2.13. The van der Waals surface area contributed by atoms with Crippen LogP contribution in [0.5, 0.6) is 5.75 Å². The molecule has 23 heavy (non-hydrogen) atoms. The summed E-state index contributed by atoms with van der Waals surface area (Å²) in [5.74, 6) is -0.583. The van der Waals surface area contributed by atoms with Crippen molar-refractivity contribution in [3.63, 3.8) is 0 Å². The fourth-order valence-corrected chi connectivity index (χ4v) is 2.13. The molecular weight excluding hydrogens is 302 g/mol. The molecule has 1 heterocycles. The van der Waals surface area contributed by atoms with Crippen LogP contribution < -0.4 is 9.64 Å². The molecule has 0 unspecified atom stereocenters. The lowest BCUT2D eigenvalue weighted by molar-refractivity contribution is -0.144. The van der Waals surface area contributed by atoms with Crippen LogP contribution in [0.2, 0.25) is 0 Å². The second-order valence-corrected chi connectivity index (χ2v) is 4.92. The SMILES string of the molecule is CCOCCOC(=O)CN1C(=O)COc2ccc(C(C)=O)cc21. The number of fused-ring (bicyclic) bond motifs is 1. The van der Waals surface area contributed by atoms with Gasteiger partial charge in [0.15, 0.2) is 12.4 Å². The molecule has 1 aliphatic heterocycles. The zero-order valence-corrected chi connectivity index (χ0v) is 13.2. The number of amides is 1. The number of rotatable bonds is 7. The number of ether oxygens (including phenoxy) is 3. The molecule has 0 radical (unpaired) electrons. The van der Waals surface area contributed by atoms with Gasteiger partial charge in [0.05, 0.1) is 12.3 Å². The average Bonchev–Trinajstić information content (AvgIpc) is 2.53. The summed E-state index contributed by atoms with van der Waals surface area (Å²) < 4.78 is 15.4. The third kappa shape index (κ3) is 4.29. The molecule has 0 aliphatic carbocycles. The zero-order valence-electron chi connectivity index (χ0n) is 13.2. The van der Waals surface area contributed by atoms with Crippen molar-refractivity contribution >= 4 is 23.3 Å². The highest BCUT2D eigenvalue weighted by Crippen LogP contribution is 2.33. The van der Waals surface area contributed by atoms with Crippen molar-refractivity contribution < 1.29 is 28.6 Å². The first-order chi connectivity index (χ1) is 11.0. The van der Waals surface area contributed by atoms with Gasteiger partial charge >= 0.3 is 5.97 Å². The van der Waals surface area contributed by atoms with E-state index >= 15 is 0 Å². The molecule has 0 saturated heterocycles. The topological polar surface area (TPSA) is 82.1 Å². The number of anilines is 1. The number of hydrogen-bond acceptors (Lipinski definition) is 6. The third-order valence-electron chi connectivity index (χ3n) is 3.29. The monoisotopic (exact) mass is 321 g/mol. The van der Waals surface area contributed by atoms with Gasteiger partial charge in [0.25, 0.3) is 5.91 Å². The molecule has 0 spiro atoms. The predicted octanol–water partition coefficient (Wildman–Crippen LogP) is 1.19. The molecular formula is C16H19NO6. The summed E-state index contributed by atoms with van der Waals surface area (Å²) in [4.78, 5) is 36.7. The molecule has 1 aromatic rings. The van der Waals surface area contributed by atoms with E-state index in [1.54, 1.807) is 18.2 Å². The molecule has 7 heteroatoms. The van der Waals surface area contributed by atoms with Crippen LogP contribution in [0.4, 0.5) is 5.69 Å². The van der Waals surface area contributed by atoms with Crippen LogP contribution in [0, 0.1) is 0 Å². The molecule has 7 nitrogen and oxygen atoms in total. The first-order valence-corrected chi connectivity index (χ1v) is 7.34. The molecule has 1 amide bonds. The number of ketones is 1. The number of carbonyl (C=O) groups excluding carboxylic acids is 3. The first-order valence-electron chi connectivity index (χ1n) is 7.34. The average molecular weight is 321 g/mol. The molecule has 0 saturated carbocycles. The van der Waals surface area contributed by atoms with Crippen LogP contribution in [-0.4, -0.2) is 50.6 Å². The summed E-state index contributed by atoms with van der Waals surface area (Å²) in [6.07, 6.45) is 0. The van der Waals surface area contributed by atoms with Crippen LogP contribution in [0.15, 0.2) is 18.2 Å². The summed E-state index contributed by atoms with van der Waals surface area (Å²) in [5, 5.41) is 0. The van der Waals surface area contributed by atoms with E-state index in [9.17, 15) is 14.4 Å². The lowest BCUT2D eigenvalue weighted by Gasteiger charge is -2.28. The second-order valence-electron chi connectivity index (χ2n) is 4.92. The fraction of sp³-hybridized carbons (Fsp3) is 0.438. The van der Waals surface area contributed by atoms with Gasteiger partial charge in [-0.15, -0.1) is 0 Å². The molecule has 1 aliphatic rings. The van der Waals surface area contributed by atoms with E-state index in [-0.39, 0.29) is 31.4 Å². The summed E-state index contributed by atoms with van der Waals surface area (Å²) in [5.41, 5.74) is 0.840. The Morgan fingerprint density at radius 3 is 2.78 bits per heavy atom. The highest BCUT2D eigenvalue weighted by molar-refractivity contribution is 6.03. The van der Waals surface area contributed by atoms with Crippen LogP contribution in [-0.2, 0) is 19.1 Å². The van der Waals surface area contributed by atoms with Crippen molar-refractivity contribution in [2.45, 2.75) is 13.8 Å². The quantitative estimate of drug-likeness (QED) is 0.426. The molecule has 124 valence electrons. The third-order valence-corrected chi connectivity index (χ3v) is 3.29. The van der Waals surface area contributed by atoms with Gasteiger partial charge < -0.3 is 14.2 Å². The second kappa shape index (κ2) is 7.73. The predicted molar refractivity (Wildman–Crippen MR) is 81.7 cm³/mol. The number of Topliss-reactive ketones (excluding diaryl/α,β-unsaturated/α-hetero) is 1. The van der Waals surface area contributed by atoms with Crippen molar-refractivity contribution in [2.75, 3.05) is 37.9 Å². The van der Waals surface area contributed by atoms with Gasteiger partial charge in [0.1, 0.15) is 18.9 Å². The molecule has 2 rings (SSSR count). The van der Waals surface area contributed by atoms with Gasteiger partial charge in [-0.2, -0.15) is 0 Å². The van der Waals surface area contributed by atoms with E-state index in [0.717, 1.165) is 0 Å². The van der Waals surface area contributed by atoms with Crippen LogP contribution in [0.1, 0.15) is 24.2 Å². The molecule has 0 fully saturated rings. The Balaban J connectivity index is 2.09. The molecule has 0 N–H and O–H groups in total. The highest BCUT2D eigenvalue weighted by Gasteiger charge is 2.28. The normalized spacial score (nSPS) is 13.3. The molecule has 1 aromatic carbocycles. The maximum absolute atomic E-state index is 12.0. The zero-order chi connectivity index (χ0) is 16.8. The maximum Gasteiger partial charge on any atom is 0.326 e. The van der Waals surface area contributed by atoms with Crippen LogP contribution >= 0.6 is 0 Å². The van der Waals surface area contributed by atoms with Crippen molar-refractivity contribution in [2.24, 2.45) is 0 Å². The minimum absolute atomic E-state index is 0.131. The number of esters is 1. The number of carbonyl (C=O) groups is 3. The van der Waals surface area contributed by atoms with Crippen LogP contribution in [0.25, 0.3) is 0 Å². The largest absolute Gasteiger partial charge is 0.482 e. The Morgan fingerprint density at radius 2 is 2.09 bits per heavy atom. The Labute approximate surface area is 134 Å². The van der Waals surface area contributed by atoms with Gasteiger partial charge in [-0.25, -0.2) is 0 Å². The molecule has 0 atom stereocenters. The summed E-state index contributed by atoms with van der Waals surface area (Å²) in [6.45, 7) is 3.87. The van der Waals surface area contributed by atoms with Gasteiger partial charge in [-0.05, 0) is 32.0 Å². The minimum Gasteiger partial charge on any atom is -0.482 e. The first kappa shape index (κ1) is 17.0. The minimum atomic E-state index is -0.542. The standard InChI is InChI=1S/C16H19NO6/c1-3-21-6-7-22-16(20)9-17-13-8-12(11(2)18)4-5-14(13)23-10-15(17)19/h4-5,8H,3,6-7,9-10H2,1-2H3. The van der Waals surface area contributed by atoms with Crippen LogP contribution in [0.3, 0.4) is 0 Å². The summed E-state index contributed by atoms with van der Waals surface area (Å²) in [6, 6.07) is 4.78. The Kier molecular flexibility index (Phi) is 5.70. The van der Waals surface area contributed by atoms with Crippen molar-refractivity contribution in [3.8, 4) is 5.75 Å². The number of benzene rings is 1. The highest BCUT2D eigenvalue weighted by atomic mass is 16.6. The Bertz CT molecular complexity index is 613. The van der Waals surface area contributed by atoms with Crippen molar-refractivity contribution in [1.29, 1.82) is 0 Å². The van der Waals surface area contributed by atoms with E-state index < -0.39 is 5.97 Å². The Morgan fingerprint density at radius 1 is 1.30 bits per heavy atom. The van der Waals surface area contributed by atoms with E-state index in [1.807, 2.05) is 6.92 Å². The number of hydrogen-bond donors (Lipinski definition) is 0. The smallest absolute Gasteiger partial charge is 0.326 e. The van der Waals surface area contributed by atoms with Crippen molar-refractivity contribution in [1.82, 2.24) is 0 Å².